The van der Waals surface area contributed by atoms with E-state index in [4.69, 9.17) is 4.74 Å². The molecule has 0 N–H and O–H groups in total. The number of aliphatic imine (C=N–C) groups is 1. The van der Waals surface area contributed by atoms with Crippen molar-refractivity contribution < 1.29 is 4.74 Å². The van der Waals surface area contributed by atoms with Gasteiger partial charge in [0.1, 0.15) is 6.23 Å². The smallest absolute Gasteiger partial charge is 0.145 e. The summed E-state index contributed by atoms with van der Waals surface area (Å²) >= 11 is 0. The molecule has 0 radical (unpaired) electrons. The summed E-state index contributed by atoms with van der Waals surface area (Å²) in [7, 11) is 0. The van der Waals surface area contributed by atoms with Gasteiger partial charge in [-0.05, 0) is 50.3 Å². The van der Waals surface area contributed by atoms with Crippen molar-refractivity contribution in [3.63, 3.8) is 0 Å². The maximum absolute atomic E-state index is 5.51. The van der Waals surface area contributed by atoms with Crippen LogP contribution in [-0.4, -0.2) is 18.5 Å². The predicted octanol–water partition coefficient (Wildman–Crippen LogP) is 4.53. The molecule has 0 bridgehead atoms. The van der Waals surface area contributed by atoms with Gasteiger partial charge in [-0.25, -0.2) is 0 Å². The molecule has 0 spiro atoms. The third kappa shape index (κ3) is 4.79. The third-order valence-electron chi connectivity index (χ3n) is 3.22. The van der Waals surface area contributed by atoms with Gasteiger partial charge in [0.2, 0.25) is 0 Å². The Morgan fingerprint density at radius 2 is 2.00 bits per heavy atom. The van der Waals surface area contributed by atoms with Crippen LogP contribution in [0, 0.1) is 6.92 Å². The highest BCUT2D eigenvalue weighted by atomic mass is 16.5. The SMILES string of the molecule is CCCc1ccc(/C(CC)=N/C(C)OCC)c(C)c1. The fourth-order valence-corrected chi connectivity index (χ4v) is 2.34. The molecular weight excluding hydrogens is 234 g/mol. The molecule has 1 atom stereocenters. The second kappa shape index (κ2) is 8.11. The summed E-state index contributed by atoms with van der Waals surface area (Å²) in [6, 6.07) is 6.72. The van der Waals surface area contributed by atoms with E-state index in [1.54, 1.807) is 0 Å². The molecule has 106 valence electrons. The van der Waals surface area contributed by atoms with E-state index < -0.39 is 0 Å². The molecule has 1 rings (SSSR count). The van der Waals surface area contributed by atoms with Crippen LogP contribution in [0.2, 0.25) is 0 Å². The van der Waals surface area contributed by atoms with E-state index >= 15 is 0 Å². The van der Waals surface area contributed by atoms with Gasteiger partial charge in [-0.15, -0.1) is 0 Å². The van der Waals surface area contributed by atoms with Crippen LogP contribution in [0.5, 0.6) is 0 Å². The average Bonchev–Trinajstić information content (AvgIpc) is 2.37. The second-order valence-electron chi connectivity index (χ2n) is 4.88. The van der Waals surface area contributed by atoms with Crippen LogP contribution in [0.4, 0.5) is 0 Å². The van der Waals surface area contributed by atoms with E-state index in [9.17, 15) is 0 Å². The molecule has 0 aliphatic heterocycles. The Morgan fingerprint density at radius 3 is 2.53 bits per heavy atom. The standard InChI is InChI=1S/C17H27NO/c1-6-9-15-10-11-16(13(4)12-15)17(7-2)18-14(5)19-8-3/h10-12,14H,6-9H2,1-5H3/b18-17+. The normalized spacial score (nSPS) is 13.6. The molecule has 1 unspecified atom stereocenters. The Morgan fingerprint density at radius 1 is 1.26 bits per heavy atom. The lowest BCUT2D eigenvalue weighted by Crippen LogP contribution is -2.11. The summed E-state index contributed by atoms with van der Waals surface area (Å²) in [5.74, 6) is 0. The molecule has 2 nitrogen and oxygen atoms in total. The first kappa shape index (κ1) is 15.9. The zero-order valence-electron chi connectivity index (χ0n) is 13.0. The van der Waals surface area contributed by atoms with E-state index in [1.165, 1.54) is 23.1 Å². The molecule has 0 heterocycles. The predicted molar refractivity (Wildman–Crippen MR) is 83.1 cm³/mol. The first-order chi connectivity index (χ1) is 9.12. The molecule has 1 aromatic carbocycles. The van der Waals surface area contributed by atoms with Gasteiger partial charge in [-0.1, -0.05) is 38.5 Å². The molecule has 0 saturated heterocycles. The third-order valence-corrected chi connectivity index (χ3v) is 3.22. The van der Waals surface area contributed by atoms with Crippen molar-refractivity contribution in [3.05, 3.63) is 34.9 Å². The highest BCUT2D eigenvalue weighted by Crippen LogP contribution is 2.16. The molecule has 0 aliphatic rings. The van der Waals surface area contributed by atoms with E-state index in [0.29, 0.717) is 6.61 Å². The van der Waals surface area contributed by atoms with Crippen LogP contribution in [0.25, 0.3) is 0 Å². The molecule has 1 aromatic rings. The molecular formula is C17H27NO. The van der Waals surface area contributed by atoms with Crippen molar-refractivity contribution in [3.8, 4) is 0 Å². The van der Waals surface area contributed by atoms with Crippen LogP contribution in [-0.2, 0) is 11.2 Å². The van der Waals surface area contributed by atoms with Crippen molar-refractivity contribution in [1.29, 1.82) is 0 Å². The summed E-state index contributed by atoms with van der Waals surface area (Å²) in [5, 5.41) is 0. The number of ether oxygens (including phenoxy) is 1. The molecule has 0 saturated carbocycles. The Hall–Kier alpha value is -1.15. The van der Waals surface area contributed by atoms with Crippen molar-refractivity contribution in [1.82, 2.24) is 0 Å². The quantitative estimate of drug-likeness (QED) is 0.661. The molecule has 2 heteroatoms. The Balaban J connectivity index is 2.98. The Bertz CT molecular complexity index is 423. The number of nitrogens with zero attached hydrogens (tertiary/aromatic N) is 1. The molecule has 0 aliphatic carbocycles. The summed E-state index contributed by atoms with van der Waals surface area (Å²) < 4.78 is 5.51. The minimum absolute atomic E-state index is 0.0605. The summed E-state index contributed by atoms with van der Waals surface area (Å²) in [4.78, 5) is 4.69. The van der Waals surface area contributed by atoms with Crippen LogP contribution >= 0.6 is 0 Å². The fraction of sp³-hybridized carbons (Fsp3) is 0.588. The van der Waals surface area contributed by atoms with Crippen molar-refractivity contribution in [2.45, 2.75) is 60.1 Å². The number of hydrogen-bond donors (Lipinski definition) is 0. The monoisotopic (exact) mass is 261 g/mol. The van der Waals surface area contributed by atoms with E-state index in [1.807, 2.05) is 13.8 Å². The van der Waals surface area contributed by atoms with Crippen LogP contribution in [0.1, 0.15) is 57.2 Å². The van der Waals surface area contributed by atoms with Gasteiger partial charge in [0.25, 0.3) is 0 Å². The zero-order valence-corrected chi connectivity index (χ0v) is 13.0. The molecule has 0 aromatic heterocycles. The van der Waals surface area contributed by atoms with Gasteiger partial charge in [0.15, 0.2) is 0 Å². The van der Waals surface area contributed by atoms with Gasteiger partial charge < -0.3 is 4.74 Å². The van der Waals surface area contributed by atoms with Crippen LogP contribution in [0.3, 0.4) is 0 Å². The van der Waals surface area contributed by atoms with Gasteiger partial charge in [0, 0.05) is 12.3 Å². The first-order valence-corrected chi connectivity index (χ1v) is 7.40. The summed E-state index contributed by atoms with van der Waals surface area (Å²) in [6.07, 6.45) is 3.21. The zero-order chi connectivity index (χ0) is 14.3. The first-order valence-electron chi connectivity index (χ1n) is 7.40. The highest BCUT2D eigenvalue weighted by molar-refractivity contribution is 6.01. The van der Waals surface area contributed by atoms with Gasteiger partial charge in [-0.2, -0.15) is 0 Å². The maximum Gasteiger partial charge on any atom is 0.145 e. The second-order valence-corrected chi connectivity index (χ2v) is 4.88. The lowest BCUT2D eigenvalue weighted by atomic mass is 9.98. The Labute approximate surface area is 117 Å². The minimum atomic E-state index is -0.0605. The topological polar surface area (TPSA) is 21.6 Å². The van der Waals surface area contributed by atoms with E-state index in [-0.39, 0.29) is 6.23 Å². The number of aryl methyl sites for hydroxylation is 2. The molecule has 19 heavy (non-hydrogen) atoms. The fourth-order valence-electron chi connectivity index (χ4n) is 2.34. The summed E-state index contributed by atoms with van der Waals surface area (Å²) in [5.41, 5.74) is 5.13. The largest absolute Gasteiger partial charge is 0.357 e. The average molecular weight is 261 g/mol. The molecule has 0 fully saturated rings. The highest BCUT2D eigenvalue weighted by Gasteiger charge is 2.08. The maximum atomic E-state index is 5.51. The Kier molecular flexibility index (Phi) is 6.79. The molecule has 0 amide bonds. The van der Waals surface area contributed by atoms with Crippen LogP contribution in [0.15, 0.2) is 23.2 Å². The van der Waals surface area contributed by atoms with Crippen LogP contribution < -0.4 is 0 Å². The van der Waals surface area contributed by atoms with Crippen molar-refractivity contribution in [2.24, 2.45) is 4.99 Å². The van der Waals surface area contributed by atoms with Crippen molar-refractivity contribution >= 4 is 5.71 Å². The minimum Gasteiger partial charge on any atom is -0.357 e. The lowest BCUT2D eigenvalue weighted by molar-refractivity contribution is 0.0831. The lowest BCUT2D eigenvalue weighted by Gasteiger charge is -2.13. The van der Waals surface area contributed by atoms with E-state index in [0.717, 1.165) is 18.6 Å². The number of hydrogen-bond acceptors (Lipinski definition) is 2. The van der Waals surface area contributed by atoms with Gasteiger partial charge in [-0.3, -0.25) is 4.99 Å². The summed E-state index contributed by atoms with van der Waals surface area (Å²) in [6.45, 7) is 11.2. The van der Waals surface area contributed by atoms with Gasteiger partial charge in [0.05, 0.1) is 0 Å². The van der Waals surface area contributed by atoms with Gasteiger partial charge >= 0.3 is 0 Å². The number of rotatable bonds is 7. The van der Waals surface area contributed by atoms with Crippen molar-refractivity contribution in [2.75, 3.05) is 6.61 Å². The number of benzene rings is 1. The van der Waals surface area contributed by atoms with E-state index in [2.05, 4.69) is 44.0 Å².